The normalized spacial score (nSPS) is 14.3. The lowest BCUT2D eigenvalue weighted by atomic mass is 10.00. The molecule has 1 N–H and O–H groups in total. The van der Waals surface area contributed by atoms with Crippen LogP contribution >= 0.6 is 11.3 Å². The predicted molar refractivity (Wildman–Crippen MR) is 129 cm³/mol. The molecule has 0 aliphatic carbocycles. The van der Waals surface area contributed by atoms with Crippen LogP contribution in [0.25, 0.3) is 26.9 Å². The number of carbonyl (C=O) groups is 2. The number of fused-ring (bicyclic) bond motifs is 1. The summed E-state index contributed by atoms with van der Waals surface area (Å²) in [6.45, 7) is 3.26. The number of benzene rings is 2. The predicted octanol–water partition coefficient (Wildman–Crippen LogP) is 3.89. The molecule has 174 valence electrons. The summed E-state index contributed by atoms with van der Waals surface area (Å²) in [5.41, 5.74) is 3.23. The minimum absolute atomic E-state index is 0.0136. The molecule has 0 spiro atoms. The largest absolute Gasteiger partial charge is 0.450 e. The molecule has 0 saturated carbocycles. The minimum Gasteiger partial charge on any atom is -0.450 e. The number of hydrogen-bond donors (Lipinski definition) is 1. The summed E-state index contributed by atoms with van der Waals surface area (Å²) in [6.07, 6.45) is 2.57. The van der Waals surface area contributed by atoms with Crippen LogP contribution in [0.3, 0.4) is 0 Å². The Labute approximate surface area is 200 Å². The number of ether oxygens (including phenoxy) is 1. The van der Waals surface area contributed by atoms with Gasteiger partial charge in [0.15, 0.2) is 0 Å². The van der Waals surface area contributed by atoms with Gasteiger partial charge < -0.3 is 15.0 Å². The van der Waals surface area contributed by atoms with E-state index in [1.807, 2.05) is 24.3 Å². The summed E-state index contributed by atoms with van der Waals surface area (Å²) in [4.78, 5) is 26.9. The summed E-state index contributed by atoms with van der Waals surface area (Å²) < 4.78 is 7.81. The van der Waals surface area contributed by atoms with Gasteiger partial charge in [-0.05, 0) is 65.4 Å². The van der Waals surface area contributed by atoms with E-state index in [0.29, 0.717) is 43.8 Å². The van der Waals surface area contributed by atoms with Gasteiger partial charge in [-0.2, -0.15) is 0 Å². The van der Waals surface area contributed by atoms with Crippen LogP contribution in [-0.4, -0.2) is 62.8 Å². The van der Waals surface area contributed by atoms with Crippen LogP contribution in [0.1, 0.15) is 30.1 Å². The van der Waals surface area contributed by atoms with Crippen LogP contribution in [0.15, 0.2) is 54.2 Å². The van der Waals surface area contributed by atoms with E-state index >= 15 is 0 Å². The molecule has 0 radical (unpaired) electrons. The molecule has 1 aliphatic rings. The van der Waals surface area contributed by atoms with Crippen molar-refractivity contribution >= 4 is 33.4 Å². The molecule has 0 atom stereocenters. The monoisotopic (exact) mass is 476 g/mol. The molecule has 34 heavy (non-hydrogen) atoms. The highest BCUT2D eigenvalue weighted by Gasteiger charge is 2.25. The molecule has 0 unspecified atom stereocenters. The maximum atomic E-state index is 13.3. The van der Waals surface area contributed by atoms with Gasteiger partial charge >= 0.3 is 6.09 Å². The molecule has 4 aromatic rings. The third kappa shape index (κ3) is 4.49. The molecular formula is C24H24N6O3S. The molecule has 5 rings (SSSR count). The fourth-order valence-electron chi connectivity index (χ4n) is 4.20. The number of likely N-dealkylation sites (tertiary alicyclic amines) is 1. The van der Waals surface area contributed by atoms with E-state index in [4.69, 9.17) is 4.74 Å². The van der Waals surface area contributed by atoms with Crippen molar-refractivity contribution in [3.8, 4) is 16.8 Å². The van der Waals surface area contributed by atoms with Crippen molar-refractivity contribution in [2.24, 2.45) is 0 Å². The van der Waals surface area contributed by atoms with Gasteiger partial charge in [-0.15, -0.1) is 16.4 Å². The molecule has 2 aromatic carbocycles. The van der Waals surface area contributed by atoms with E-state index in [0.717, 1.165) is 16.5 Å². The summed E-state index contributed by atoms with van der Waals surface area (Å²) in [7, 11) is 0. The molecule has 2 aromatic heterocycles. The van der Waals surface area contributed by atoms with Crippen LogP contribution in [0, 0.1) is 0 Å². The van der Waals surface area contributed by atoms with Gasteiger partial charge in [-0.3, -0.25) is 4.79 Å². The Bertz CT molecular complexity index is 1310. The third-order valence-electron chi connectivity index (χ3n) is 5.94. The van der Waals surface area contributed by atoms with Crippen molar-refractivity contribution in [1.82, 2.24) is 30.4 Å². The van der Waals surface area contributed by atoms with E-state index in [9.17, 15) is 9.59 Å². The number of hydrogen-bond acceptors (Lipinski definition) is 7. The standard InChI is InChI=1S/C24H24N6O3S/c1-2-33-24(32)29-9-7-18(8-10-29)26-23(31)17-11-16(12-19(13-17)30-15-25-27-28-30)21-14-34-22-6-4-3-5-20(21)22/h3-6,11-15,18H,2,7-10H2,1H3,(H,26,31). The first kappa shape index (κ1) is 22.0. The SMILES string of the molecule is CCOC(=O)N1CCC(NC(=O)c2cc(-c3csc4ccccc34)cc(-n3cnnn3)c2)CC1. The number of aromatic nitrogens is 4. The molecule has 0 bridgehead atoms. The fourth-order valence-corrected chi connectivity index (χ4v) is 5.17. The molecular weight excluding hydrogens is 452 g/mol. The molecule has 1 aliphatic heterocycles. The molecule has 1 fully saturated rings. The Kier molecular flexibility index (Phi) is 6.22. The van der Waals surface area contributed by atoms with Gasteiger partial charge in [0.05, 0.1) is 12.3 Å². The van der Waals surface area contributed by atoms with Crippen molar-refractivity contribution < 1.29 is 14.3 Å². The second kappa shape index (κ2) is 9.60. The Morgan fingerprint density at radius 2 is 2.00 bits per heavy atom. The number of piperidine rings is 1. The number of nitrogens with one attached hydrogen (secondary N) is 1. The van der Waals surface area contributed by atoms with E-state index < -0.39 is 0 Å². The lowest BCUT2D eigenvalue weighted by Crippen LogP contribution is -2.46. The van der Waals surface area contributed by atoms with Gasteiger partial charge in [0, 0.05) is 40.3 Å². The Morgan fingerprint density at radius 3 is 2.76 bits per heavy atom. The van der Waals surface area contributed by atoms with Gasteiger partial charge in [0.25, 0.3) is 5.91 Å². The summed E-state index contributed by atoms with van der Waals surface area (Å²) in [5.74, 6) is -0.162. The molecule has 10 heteroatoms. The highest BCUT2D eigenvalue weighted by Crippen LogP contribution is 2.35. The van der Waals surface area contributed by atoms with Gasteiger partial charge in [-0.1, -0.05) is 18.2 Å². The molecule has 9 nitrogen and oxygen atoms in total. The highest BCUT2D eigenvalue weighted by molar-refractivity contribution is 7.17. The Morgan fingerprint density at radius 1 is 1.18 bits per heavy atom. The first-order valence-electron chi connectivity index (χ1n) is 11.2. The van der Waals surface area contributed by atoms with Crippen molar-refractivity contribution in [3.05, 3.63) is 59.7 Å². The zero-order valence-electron chi connectivity index (χ0n) is 18.7. The second-order valence-corrected chi connectivity index (χ2v) is 9.01. The minimum atomic E-state index is -0.297. The number of amides is 2. The smallest absolute Gasteiger partial charge is 0.409 e. The van der Waals surface area contributed by atoms with Crippen LogP contribution in [-0.2, 0) is 4.74 Å². The maximum absolute atomic E-state index is 13.3. The average molecular weight is 477 g/mol. The first-order valence-corrected chi connectivity index (χ1v) is 12.1. The Balaban J connectivity index is 1.40. The lowest BCUT2D eigenvalue weighted by Gasteiger charge is -2.31. The van der Waals surface area contributed by atoms with Crippen molar-refractivity contribution in [1.29, 1.82) is 0 Å². The lowest BCUT2D eigenvalue weighted by molar-refractivity contribution is 0.0860. The van der Waals surface area contributed by atoms with E-state index in [1.54, 1.807) is 33.9 Å². The van der Waals surface area contributed by atoms with Crippen LogP contribution < -0.4 is 5.32 Å². The van der Waals surface area contributed by atoms with Crippen LogP contribution in [0.5, 0.6) is 0 Å². The van der Waals surface area contributed by atoms with Crippen LogP contribution in [0.2, 0.25) is 0 Å². The van der Waals surface area contributed by atoms with E-state index in [-0.39, 0.29) is 18.0 Å². The highest BCUT2D eigenvalue weighted by atomic mass is 32.1. The third-order valence-corrected chi connectivity index (χ3v) is 6.91. The fraction of sp³-hybridized carbons (Fsp3) is 0.292. The van der Waals surface area contributed by atoms with Gasteiger partial charge in [0.2, 0.25) is 0 Å². The topological polar surface area (TPSA) is 102 Å². The number of rotatable bonds is 5. The number of thiophene rings is 1. The zero-order valence-corrected chi connectivity index (χ0v) is 19.5. The number of tetrazole rings is 1. The number of carbonyl (C=O) groups excluding carboxylic acids is 2. The quantitative estimate of drug-likeness (QED) is 0.469. The summed E-state index contributed by atoms with van der Waals surface area (Å²) in [5, 5.41) is 17.9. The maximum Gasteiger partial charge on any atom is 0.409 e. The van der Waals surface area contributed by atoms with Crippen molar-refractivity contribution in [2.75, 3.05) is 19.7 Å². The summed E-state index contributed by atoms with van der Waals surface area (Å²) >= 11 is 1.67. The second-order valence-electron chi connectivity index (χ2n) is 8.10. The zero-order chi connectivity index (χ0) is 23.5. The molecule has 1 saturated heterocycles. The summed E-state index contributed by atoms with van der Waals surface area (Å²) in [6, 6.07) is 13.9. The van der Waals surface area contributed by atoms with Gasteiger partial charge in [0.1, 0.15) is 6.33 Å². The first-order chi connectivity index (χ1) is 16.6. The Hall–Kier alpha value is -3.79. The van der Waals surface area contributed by atoms with E-state index in [2.05, 4.69) is 38.4 Å². The van der Waals surface area contributed by atoms with Crippen molar-refractivity contribution in [2.45, 2.75) is 25.8 Å². The molecule has 3 heterocycles. The average Bonchev–Trinajstić information content (AvgIpc) is 3.55. The van der Waals surface area contributed by atoms with E-state index in [1.165, 1.54) is 11.0 Å². The van der Waals surface area contributed by atoms with Crippen LogP contribution in [0.4, 0.5) is 4.79 Å². The molecule has 2 amide bonds. The van der Waals surface area contributed by atoms with Gasteiger partial charge in [-0.25, -0.2) is 9.48 Å². The van der Waals surface area contributed by atoms with Crippen molar-refractivity contribution in [3.63, 3.8) is 0 Å². The number of nitrogens with zero attached hydrogens (tertiary/aromatic N) is 5.